The number of amides is 2. The molecule has 1 fully saturated rings. The Morgan fingerprint density at radius 3 is 2.47 bits per heavy atom. The van der Waals surface area contributed by atoms with E-state index in [0.29, 0.717) is 0 Å². The fourth-order valence-electron chi connectivity index (χ4n) is 1.90. The summed E-state index contributed by atoms with van der Waals surface area (Å²) in [6.07, 6.45) is 3.02. The Bertz CT molecular complexity index is 645. The van der Waals surface area contributed by atoms with Crippen LogP contribution in [0.15, 0.2) is 23.4 Å². The Kier molecular flexibility index (Phi) is 3.02. The SMILES string of the molecule is Cn1ccc(S(=O)(=O)N2CC(=O)NC(=O)C2(C)C)c1. The first-order valence-corrected chi connectivity index (χ1v) is 7.09. The van der Waals surface area contributed by atoms with Crippen molar-refractivity contribution in [2.45, 2.75) is 24.3 Å². The molecule has 104 valence electrons. The van der Waals surface area contributed by atoms with Crippen LogP contribution in [0.25, 0.3) is 0 Å². The molecule has 1 N–H and O–H groups in total. The van der Waals surface area contributed by atoms with E-state index in [1.54, 1.807) is 17.8 Å². The first-order valence-electron chi connectivity index (χ1n) is 5.65. The van der Waals surface area contributed by atoms with Crippen LogP contribution >= 0.6 is 0 Å². The van der Waals surface area contributed by atoms with E-state index in [0.717, 1.165) is 4.31 Å². The van der Waals surface area contributed by atoms with Crippen LogP contribution in [0.1, 0.15) is 13.8 Å². The molecule has 1 aromatic heterocycles. The molecule has 2 rings (SSSR count). The standard InChI is InChI=1S/C11H15N3O4S/c1-11(2)10(16)12-9(15)7-14(11)19(17,18)8-4-5-13(3)6-8/h4-6H,7H2,1-3H3,(H,12,15,16). The smallest absolute Gasteiger partial charge is 0.247 e. The van der Waals surface area contributed by atoms with Gasteiger partial charge in [0.25, 0.3) is 0 Å². The van der Waals surface area contributed by atoms with Gasteiger partial charge in [-0.2, -0.15) is 4.31 Å². The van der Waals surface area contributed by atoms with E-state index >= 15 is 0 Å². The number of piperazine rings is 1. The van der Waals surface area contributed by atoms with Crippen molar-refractivity contribution in [2.24, 2.45) is 7.05 Å². The summed E-state index contributed by atoms with van der Waals surface area (Å²) in [4.78, 5) is 23.2. The van der Waals surface area contributed by atoms with Crippen molar-refractivity contribution >= 4 is 21.8 Å². The van der Waals surface area contributed by atoms with Crippen molar-refractivity contribution in [3.63, 3.8) is 0 Å². The van der Waals surface area contributed by atoms with E-state index in [1.165, 1.54) is 26.1 Å². The van der Waals surface area contributed by atoms with Crippen molar-refractivity contribution in [2.75, 3.05) is 6.54 Å². The summed E-state index contributed by atoms with van der Waals surface area (Å²) in [7, 11) is -2.19. The van der Waals surface area contributed by atoms with E-state index in [4.69, 9.17) is 0 Å². The zero-order valence-electron chi connectivity index (χ0n) is 10.9. The molecule has 0 radical (unpaired) electrons. The molecule has 1 saturated heterocycles. The van der Waals surface area contributed by atoms with Crippen molar-refractivity contribution in [1.29, 1.82) is 0 Å². The third-order valence-corrected chi connectivity index (χ3v) is 5.12. The molecular weight excluding hydrogens is 270 g/mol. The van der Waals surface area contributed by atoms with Crippen LogP contribution in [0.3, 0.4) is 0 Å². The molecule has 8 heteroatoms. The van der Waals surface area contributed by atoms with Gasteiger partial charge in [-0.05, 0) is 19.9 Å². The van der Waals surface area contributed by atoms with Crippen LogP contribution in [0.2, 0.25) is 0 Å². The molecule has 0 spiro atoms. The van der Waals surface area contributed by atoms with E-state index in [9.17, 15) is 18.0 Å². The molecule has 0 unspecified atom stereocenters. The summed E-state index contributed by atoms with van der Waals surface area (Å²) in [5, 5.41) is 2.14. The van der Waals surface area contributed by atoms with Gasteiger partial charge in [-0.25, -0.2) is 8.42 Å². The molecule has 0 saturated carbocycles. The van der Waals surface area contributed by atoms with Crippen molar-refractivity contribution in [3.05, 3.63) is 18.5 Å². The summed E-state index contributed by atoms with van der Waals surface area (Å²) in [5.74, 6) is -1.24. The number of carbonyl (C=O) groups is 2. The molecule has 19 heavy (non-hydrogen) atoms. The summed E-state index contributed by atoms with van der Waals surface area (Å²) in [6.45, 7) is 2.57. The Labute approximate surface area is 111 Å². The van der Waals surface area contributed by atoms with Crippen LogP contribution < -0.4 is 5.32 Å². The highest BCUT2D eigenvalue weighted by Crippen LogP contribution is 2.26. The fourth-order valence-corrected chi connectivity index (χ4v) is 3.66. The van der Waals surface area contributed by atoms with Gasteiger partial charge in [0.2, 0.25) is 21.8 Å². The summed E-state index contributed by atoms with van der Waals surface area (Å²) < 4.78 is 27.5. The minimum absolute atomic E-state index is 0.0607. The average molecular weight is 285 g/mol. The van der Waals surface area contributed by atoms with E-state index < -0.39 is 27.4 Å². The predicted octanol–water partition coefficient (Wildman–Crippen LogP) is -0.549. The van der Waals surface area contributed by atoms with Gasteiger partial charge in [-0.1, -0.05) is 0 Å². The lowest BCUT2D eigenvalue weighted by atomic mass is 10.0. The number of aromatic nitrogens is 1. The minimum atomic E-state index is -3.88. The first-order chi connectivity index (χ1) is 8.65. The number of nitrogens with one attached hydrogen (secondary N) is 1. The molecule has 0 atom stereocenters. The zero-order chi connectivity index (χ0) is 14.4. The van der Waals surface area contributed by atoms with E-state index in [-0.39, 0.29) is 11.4 Å². The monoisotopic (exact) mass is 285 g/mol. The largest absolute Gasteiger partial charge is 0.356 e. The highest BCUT2D eigenvalue weighted by molar-refractivity contribution is 7.89. The van der Waals surface area contributed by atoms with Crippen LogP contribution in [0.4, 0.5) is 0 Å². The minimum Gasteiger partial charge on any atom is -0.356 e. The molecule has 0 aliphatic carbocycles. The number of aryl methyl sites for hydroxylation is 1. The van der Waals surface area contributed by atoms with Gasteiger partial charge in [-0.15, -0.1) is 0 Å². The van der Waals surface area contributed by atoms with Crippen molar-refractivity contribution in [3.8, 4) is 0 Å². The van der Waals surface area contributed by atoms with Gasteiger partial charge < -0.3 is 4.57 Å². The normalized spacial score (nSPS) is 20.4. The Morgan fingerprint density at radius 2 is 1.95 bits per heavy atom. The quantitative estimate of drug-likeness (QED) is 0.739. The second-order valence-electron chi connectivity index (χ2n) is 4.96. The van der Waals surface area contributed by atoms with Gasteiger partial charge in [-0.3, -0.25) is 14.9 Å². The molecular formula is C11H15N3O4S. The Balaban J connectivity index is 2.49. The Hall–Kier alpha value is -1.67. The summed E-state index contributed by atoms with van der Waals surface area (Å²) in [6, 6.07) is 1.43. The average Bonchev–Trinajstić information content (AvgIpc) is 2.71. The number of sulfonamides is 1. The molecule has 0 aromatic carbocycles. The van der Waals surface area contributed by atoms with Gasteiger partial charge >= 0.3 is 0 Å². The lowest BCUT2D eigenvalue weighted by Crippen LogP contribution is -2.65. The van der Waals surface area contributed by atoms with Gasteiger partial charge in [0.1, 0.15) is 5.54 Å². The molecule has 1 aliphatic heterocycles. The maximum absolute atomic E-state index is 12.5. The number of carbonyl (C=O) groups excluding carboxylic acids is 2. The molecule has 2 amide bonds. The van der Waals surface area contributed by atoms with Crippen LogP contribution in [0.5, 0.6) is 0 Å². The predicted molar refractivity (Wildman–Crippen MR) is 66.5 cm³/mol. The van der Waals surface area contributed by atoms with Crippen LogP contribution in [-0.4, -0.2) is 41.2 Å². The molecule has 1 aromatic rings. The zero-order valence-corrected chi connectivity index (χ0v) is 11.7. The maximum Gasteiger partial charge on any atom is 0.247 e. The second-order valence-corrected chi connectivity index (χ2v) is 6.82. The van der Waals surface area contributed by atoms with Gasteiger partial charge in [0.15, 0.2) is 0 Å². The van der Waals surface area contributed by atoms with Crippen molar-refractivity contribution in [1.82, 2.24) is 14.2 Å². The highest BCUT2D eigenvalue weighted by Gasteiger charge is 2.47. The first kappa shape index (κ1) is 13.8. The third kappa shape index (κ3) is 2.17. The van der Waals surface area contributed by atoms with Gasteiger partial charge in [0.05, 0.1) is 11.4 Å². The maximum atomic E-state index is 12.5. The number of nitrogens with zero attached hydrogens (tertiary/aromatic N) is 2. The van der Waals surface area contributed by atoms with E-state index in [2.05, 4.69) is 5.32 Å². The van der Waals surface area contributed by atoms with Crippen LogP contribution in [0, 0.1) is 0 Å². The lowest BCUT2D eigenvalue weighted by Gasteiger charge is -2.38. The molecule has 7 nitrogen and oxygen atoms in total. The number of imide groups is 1. The van der Waals surface area contributed by atoms with Crippen molar-refractivity contribution < 1.29 is 18.0 Å². The number of rotatable bonds is 2. The molecule has 2 heterocycles. The van der Waals surface area contributed by atoms with Crippen LogP contribution in [-0.2, 0) is 26.7 Å². The molecule has 0 bridgehead atoms. The lowest BCUT2D eigenvalue weighted by molar-refractivity contribution is -0.141. The highest BCUT2D eigenvalue weighted by atomic mass is 32.2. The third-order valence-electron chi connectivity index (χ3n) is 3.11. The van der Waals surface area contributed by atoms with Gasteiger partial charge in [0, 0.05) is 19.4 Å². The molecule has 1 aliphatic rings. The topological polar surface area (TPSA) is 88.5 Å². The Morgan fingerprint density at radius 1 is 1.32 bits per heavy atom. The fraction of sp³-hybridized carbons (Fsp3) is 0.455. The summed E-state index contributed by atoms with van der Waals surface area (Å²) >= 11 is 0. The second kappa shape index (κ2) is 4.17. The van der Waals surface area contributed by atoms with E-state index in [1.807, 2.05) is 0 Å². The summed E-state index contributed by atoms with van der Waals surface area (Å²) in [5.41, 5.74) is -1.30. The number of hydrogen-bond acceptors (Lipinski definition) is 4. The number of hydrogen-bond donors (Lipinski definition) is 1.